The Morgan fingerprint density at radius 3 is 2.33 bits per heavy atom. The normalized spacial score (nSPS) is 42.7. The van der Waals surface area contributed by atoms with Crippen molar-refractivity contribution in [3.63, 3.8) is 0 Å². The zero-order valence-corrected chi connectivity index (χ0v) is 23.1. The van der Waals surface area contributed by atoms with E-state index in [1.54, 1.807) is 5.57 Å². The second-order valence-corrected chi connectivity index (χ2v) is 18.4. The highest BCUT2D eigenvalue weighted by Crippen LogP contribution is 2.67. The number of carboxylic acid groups (broad SMARTS) is 1. The molecular weight excluding hydrogens is 431 g/mol. The highest BCUT2D eigenvalue weighted by molar-refractivity contribution is 6.74. The molecule has 0 aromatic rings. The highest BCUT2D eigenvalue weighted by Gasteiger charge is 2.60. The van der Waals surface area contributed by atoms with E-state index in [4.69, 9.17) is 4.43 Å². The van der Waals surface area contributed by atoms with Crippen molar-refractivity contribution in [1.82, 2.24) is 0 Å². The second-order valence-electron chi connectivity index (χ2n) is 13.6. The topological polar surface area (TPSA) is 46.5 Å². The summed E-state index contributed by atoms with van der Waals surface area (Å²) in [6.07, 6.45) is 9.72. The van der Waals surface area contributed by atoms with E-state index in [1.165, 1.54) is 6.42 Å². The van der Waals surface area contributed by atoms with Gasteiger partial charge in [-0.25, -0.2) is 4.79 Å². The van der Waals surface area contributed by atoms with E-state index in [2.05, 4.69) is 60.7 Å². The number of rotatable bonds is 3. The molecule has 4 rings (SSSR count). The Morgan fingerprint density at radius 2 is 1.73 bits per heavy atom. The van der Waals surface area contributed by atoms with Crippen LogP contribution in [0.4, 0.5) is 4.39 Å². The van der Waals surface area contributed by atoms with Gasteiger partial charge in [0.25, 0.3) is 0 Å². The van der Waals surface area contributed by atoms with Gasteiger partial charge in [-0.3, -0.25) is 0 Å². The van der Waals surface area contributed by atoms with Gasteiger partial charge < -0.3 is 9.53 Å². The maximum absolute atomic E-state index is 14.6. The molecule has 0 saturated heterocycles. The SMILES string of the molecule is C[C@H]1C=C2CC(O[Si](C)(C)C(C)(C)C)CC[C@]2(C)[C@H]2CC[C@]3(C)C(=C(F)C(=O)O)CC[C@H]3[C@H]12. The highest BCUT2D eigenvalue weighted by atomic mass is 28.4. The van der Waals surface area contributed by atoms with E-state index in [0.717, 1.165) is 32.1 Å². The summed E-state index contributed by atoms with van der Waals surface area (Å²) in [6, 6.07) is 0. The van der Waals surface area contributed by atoms with Crippen molar-refractivity contribution >= 4 is 14.3 Å². The molecular formula is C28H45FO3Si. The summed E-state index contributed by atoms with van der Waals surface area (Å²) in [5.41, 5.74) is 2.07. The minimum atomic E-state index is -1.80. The van der Waals surface area contributed by atoms with Crippen molar-refractivity contribution in [2.45, 2.75) is 111 Å². The van der Waals surface area contributed by atoms with Gasteiger partial charge in [0, 0.05) is 6.10 Å². The Morgan fingerprint density at radius 1 is 1.12 bits per heavy atom. The summed E-state index contributed by atoms with van der Waals surface area (Å²) >= 11 is 0. The van der Waals surface area contributed by atoms with Crippen LogP contribution in [0.2, 0.25) is 18.1 Å². The average Bonchev–Trinajstić information content (AvgIpc) is 3.04. The Kier molecular flexibility index (Phi) is 6.13. The molecule has 3 saturated carbocycles. The Labute approximate surface area is 201 Å². The van der Waals surface area contributed by atoms with Crippen LogP contribution in [0.5, 0.6) is 0 Å². The first-order valence-corrected chi connectivity index (χ1v) is 16.0. The number of halogens is 1. The molecule has 0 aromatic carbocycles. The quantitative estimate of drug-likeness (QED) is 0.256. The molecule has 7 atom stereocenters. The van der Waals surface area contributed by atoms with Gasteiger partial charge in [0.15, 0.2) is 8.32 Å². The molecule has 3 fully saturated rings. The lowest BCUT2D eigenvalue weighted by molar-refractivity contribution is -0.134. The standard InChI is InChI=1S/C28H45FO3Si/c1-17-15-18-16-19(32-33(7,8)26(2,3)4)11-13-27(18,5)21-12-14-28(6)20(23(17)21)9-10-22(28)24(29)25(30)31/h15,17,19-21,23H,9-14,16H2,1-8H3,(H,30,31)/t17-,19?,20-,21-,23-,27-,28-/m0/s1. The number of carboxylic acids is 1. The Balaban J connectivity index is 1.61. The fraction of sp³-hybridized carbons (Fsp3) is 0.821. The van der Waals surface area contributed by atoms with Gasteiger partial charge in [-0.15, -0.1) is 0 Å². The lowest BCUT2D eigenvalue weighted by Crippen LogP contribution is -2.53. The first-order valence-electron chi connectivity index (χ1n) is 13.1. The van der Waals surface area contributed by atoms with Gasteiger partial charge in [-0.2, -0.15) is 4.39 Å². The summed E-state index contributed by atoms with van der Waals surface area (Å²) in [5.74, 6) is -0.336. The molecule has 0 bridgehead atoms. The first kappa shape index (κ1) is 25.2. The zero-order chi connectivity index (χ0) is 24.6. The van der Waals surface area contributed by atoms with Crippen molar-refractivity contribution in [2.75, 3.05) is 0 Å². The number of allylic oxidation sites excluding steroid dienone is 2. The monoisotopic (exact) mass is 476 g/mol. The largest absolute Gasteiger partial charge is 0.476 e. The van der Waals surface area contributed by atoms with E-state index in [1.807, 2.05) is 0 Å². The molecule has 0 heterocycles. The van der Waals surface area contributed by atoms with Crippen LogP contribution in [0.25, 0.3) is 0 Å². The van der Waals surface area contributed by atoms with Crippen LogP contribution in [0.1, 0.15) is 86.5 Å². The number of aliphatic carboxylic acids is 1. The summed E-state index contributed by atoms with van der Waals surface area (Å²) in [7, 11) is -1.80. The molecule has 1 unspecified atom stereocenters. The molecule has 4 aliphatic carbocycles. The van der Waals surface area contributed by atoms with Crippen molar-refractivity contribution in [3.8, 4) is 0 Å². The molecule has 186 valence electrons. The van der Waals surface area contributed by atoms with Gasteiger partial charge in [-0.1, -0.05) is 53.2 Å². The van der Waals surface area contributed by atoms with E-state index in [-0.39, 0.29) is 15.9 Å². The molecule has 0 aliphatic heterocycles. The van der Waals surface area contributed by atoms with Crippen molar-refractivity contribution in [3.05, 3.63) is 23.0 Å². The number of carbonyl (C=O) groups is 1. The molecule has 4 aliphatic rings. The Bertz CT molecular complexity index is 884. The van der Waals surface area contributed by atoms with Crippen LogP contribution in [-0.2, 0) is 9.22 Å². The molecule has 0 amide bonds. The summed E-state index contributed by atoms with van der Waals surface area (Å²) < 4.78 is 21.5. The van der Waals surface area contributed by atoms with Crippen LogP contribution in [0.3, 0.4) is 0 Å². The van der Waals surface area contributed by atoms with Crippen LogP contribution in [-0.4, -0.2) is 25.5 Å². The van der Waals surface area contributed by atoms with Crippen LogP contribution < -0.4 is 0 Å². The summed E-state index contributed by atoms with van der Waals surface area (Å²) in [6.45, 7) is 18.6. The van der Waals surface area contributed by atoms with Gasteiger partial charge in [0.2, 0.25) is 5.83 Å². The lowest BCUT2D eigenvalue weighted by atomic mass is 9.46. The van der Waals surface area contributed by atoms with E-state index in [0.29, 0.717) is 41.8 Å². The molecule has 0 radical (unpaired) electrons. The average molecular weight is 477 g/mol. The molecule has 5 heteroatoms. The number of fused-ring (bicyclic) bond motifs is 5. The summed E-state index contributed by atoms with van der Waals surface area (Å²) in [5, 5.41) is 9.55. The van der Waals surface area contributed by atoms with Gasteiger partial charge in [0.1, 0.15) is 0 Å². The molecule has 0 aromatic heterocycles. The van der Waals surface area contributed by atoms with E-state index < -0.39 is 20.1 Å². The van der Waals surface area contributed by atoms with E-state index in [9.17, 15) is 14.3 Å². The van der Waals surface area contributed by atoms with E-state index >= 15 is 0 Å². The molecule has 1 N–H and O–H groups in total. The third-order valence-electron chi connectivity index (χ3n) is 10.9. The van der Waals surface area contributed by atoms with Crippen molar-refractivity contribution in [1.29, 1.82) is 0 Å². The smallest absolute Gasteiger partial charge is 0.364 e. The van der Waals surface area contributed by atoms with Gasteiger partial charge in [-0.05, 0) is 103 Å². The Hall–Kier alpha value is -0.943. The summed E-state index contributed by atoms with van der Waals surface area (Å²) in [4.78, 5) is 11.4. The third kappa shape index (κ3) is 3.89. The predicted molar refractivity (Wildman–Crippen MR) is 134 cm³/mol. The maximum atomic E-state index is 14.6. The third-order valence-corrected chi connectivity index (χ3v) is 15.4. The second kappa shape index (κ2) is 8.04. The van der Waals surface area contributed by atoms with Crippen LogP contribution >= 0.6 is 0 Å². The zero-order valence-electron chi connectivity index (χ0n) is 22.1. The number of hydrogen-bond acceptors (Lipinski definition) is 2. The fourth-order valence-electron chi connectivity index (χ4n) is 7.98. The van der Waals surface area contributed by atoms with Gasteiger partial charge in [0.05, 0.1) is 0 Å². The van der Waals surface area contributed by atoms with Crippen LogP contribution in [0.15, 0.2) is 23.0 Å². The van der Waals surface area contributed by atoms with Crippen molar-refractivity contribution < 1.29 is 18.7 Å². The van der Waals surface area contributed by atoms with Crippen LogP contribution in [0, 0.1) is 34.5 Å². The predicted octanol–water partition coefficient (Wildman–Crippen LogP) is 7.89. The minimum absolute atomic E-state index is 0.198. The minimum Gasteiger partial charge on any atom is -0.476 e. The fourth-order valence-corrected chi connectivity index (χ4v) is 9.37. The van der Waals surface area contributed by atoms with Crippen molar-refractivity contribution in [2.24, 2.45) is 34.5 Å². The molecule has 33 heavy (non-hydrogen) atoms. The first-order chi connectivity index (χ1) is 15.1. The molecule has 3 nitrogen and oxygen atoms in total. The lowest BCUT2D eigenvalue weighted by Gasteiger charge is -2.59. The van der Waals surface area contributed by atoms with Gasteiger partial charge >= 0.3 is 5.97 Å². The number of hydrogen-bond donors (Lipinski definition) is 1. The maximum Gasteiger partial charge on any atom is 0.364 e. The molecule has 0 spiro atoms.